The zero-order valence-corrected chi connectivity index (χ0v) is 14.3. The van der Waals surface area contributed by atoms with Crippen LogP contribution in [0.25, 0.3) is 10.8 Å². The topological polar surface area (TPSA) is 46.9 Å². The molecule has 0 spiro atoms. The molecule has 1 N–H and O–H groups in total. The molecule has 4 nitrogen and oxygen atoms in total. The quantitative estimate of drug-likeness (QED) is 0.803. The van der Waals surface area contributed by atoms with E-state index in [0.29, 0.717) is 6.42 Å². The average Bonchev–Trinajstić information content (AvgIpc) is 3.08. The van der Waals surface area contributed by atoms with Crippen LogP contribution in [-0.4, -0.2) is 15.7 Å². The molecule has 0 fully saturated rings. The first-order valence-corrected chi connectivity index (χ1v) is 8.37. The minimum atomic E-state index is 0.00731. The first-order valence-electron chi connectivity index (χ1n) is 8.37. The summed E-state index contributed by atoms with van der Waals surface area (Å²) in [7, 11) is 1.91. The molecule has 0 atom stereocenters. The summed E-state index contributed by atoms with van der Waals surface area (Å²) in [6, 6.07) is 10.6. The van der Waals surface area contributed by atoms with Crippen LogP contribution in [0.2, 0.25) is 0 Å². The van der Waals surface area contributed by atoms with E-state index < -0.39 is 0 Å². The summed E-state index contributed by atoms with van der Waals surface area (Å²) in [6.45, 7) is 3.95. The average molecular weight is 319 g/mol. The second-order valence-corrected chi connectivity index (χ2v) is 6.61. The number of benzene rings is 2. The molecule has 0 unspecified atom stereocenters. The Morgan fingerprint density at radius 2 is 1.92 bits per heavy atom. The Bertz CT molecular complexity index is 958. The lowest BCUT2D eigenvalue weighted by atomic mass is 10.0. The van der Waals surface area contributed by atoms with Crippen molar-refractivity contribution in [3.05, 3.63) is 58.4 Å². The molecule has 1 amide bonds. The molecular formula is C20H21N3O. The first-order chi connectivity index (χ1) is 11.5. The maximum atomic E-state index is 12.6. The Labute approximate surface area is 141 Å². The van der Waals surface area contributed by atoms with Gasteiger partial charge < -0.3 is 5.32 Å². The molecule has 122 valence electrons. The third-order valence-electron chi connectivity index (χ3n) is 5.15. The zero-order valence-electron chi connectivity index (χ0n) is 14.3. The number of aromatic nitrogens is 2. The van der Waals surface area contributed by atoms with Crippen LogP contribution in [0.5, 0.6) is 0 Å². The van der Waals surface area contributed by atoms with Gasteiger partial charge in [-0.2, -0.15) is 5.10 Å². The number of rotatable bonds is 3. The van der Waals surface area contributed by atoms with Crippen molar-refractivity contribution in [2.45, 2.75) is 33.1 Å². The second kappa shape index (κ2) is 5.48. The Balaban J connectivity index is 1.64. The number of anilines is 1. The van der Waals surface area contributed by atoms with Gasteiger partial charge in [0.2, 0.25) is 5.91 Å². The minimum absolute atomic E-state index is 0.00731. The van der Waals surface area contributed by atoms with Gasteiger partial charge in [-0.3, -0.25) is 9.48 Å². The predicted molar refractivity (Wildman–Crippen MR) is 96.4 cm³/mol. The maximum Gasteiger partial charge on any atom is 0.228 e. The van der Waals surface area contributed by atoms with Gasteiger partial charge in [-0.15, -0.1) is 0 Å². The van der Waals surface area contributed by atoms with E-state index >= 15 is 0 Å². The summed E-state index contributed by atoms with van der Waals surface area (Å²) in [5.74, 6) is 0.00731. The number of carbonyl (C=O) groups is 1. The van der Waals surface area contributed by atoms with Gasteiger partial charge in [-0.1, -0.05) is 24.3 Å². The molecular weight excluding hydrogens is 298 g/mol. The monoisotopic (exact) mass is 319 g/mol. The number of carbonyl (C=O) groups excluding carboxylic acids is 1. The fourth-order valence-corrected chi connectivity index (χ4v) is 3.78. The van der Waals surface area contributed by atoms with Crippen LogP contribution < -0.4 is 5.32 Å². The molecule has 0 saturated carbocycles. The Hall–Kier alpha value is -2.62. The number of nitrogens with one attached hydrogen (secondary N) is 1. The van der Waals surface area contributed by atoms with E-state index in [2.05, 4.69) is 34.7 Å². The van der Waals surface area contributed by atoms with Gasteiger partial charge >= 0.3 is 0 Å². The molecule has 0 saturated heterocycles. The van der Waals surface area contributed by atoms with Gasteiger partial charge in [-0.25, -0.2) is 0 Å². The maximum absolute atomic E-state index is 12.6. The molecule has 2 aromatic carbocycles. The Morgan fingerprint density at radius 1 is 1.17 bits per heavy atom. The van der Waals surface area contributed by atoms with E-state index in [0.717, 1.165) is 40.9 Å². The standard InChI is InChI=1S/C20H21N3O/c1-12-17(13(2)23(3)22-12)11-19(24)21-18-10-9-15-8-7-14-5-4-6-16(18)20(14)15/h4-6,9-10H,7-8,11H2,1-3H3,(H,21,24). The molecule has 1 heterocycles. The van der Waals surface area contributed by atoms with Crippen molar-refractivity contribution in [2.24, 2.45) is 7.05 Å². The highest BCUT2D eigenvalue weighted by atomic mass is 16.1. The molecule has 4 heteroatoms. The highest BCUT2D eigenvalue weighted by Crippen LogP contribution is 2.35. The zero-order chi connectivity index (χ0) is 16.8. The van der Waals surface area contributed by atoms with E-state index in [4.69, 9.17) is 0 Å². The molecule has 0 radical (unpaired) electrons. The lowest BCUT2D eigenvalue weighted by Crippen LogP contribution is -2.15. The smallest absolute Gasteiger partial charge is 0.228 e. The van der Waals surface area contributed by atoms with Crippen LogP contribution in [0.3, 0.4) is 0 Å². The lowest BCUT2D eigenvalue weighted by Gasteiger charge is -2.11. The van der Waals surface area contributed by atoms with E-state index in [9.17, 15) is 4.79 Å². The number of amides is 1. The van der Waals surface area contributed by atoms with Crippen LogP contribution in [-0.2, 0) is 31.1 Å². The van der Waals surface area contributed by atoms with E-state index in [1.165, 1.54) is 16.5 Å². The van der Waals surface area contributed by atoms with Gasteiger partial charge in [0.25, 0.3) is 0 Å². The minimum Gasteiger partial charge on any atom is -0.325 e. The molecule has 0 bridgehead atoms. The van der Waals surface area contributed by atoms with Crippen LogP contribution in [0.15, 0.2) is 30.3 Å². The second-order valence-electron chi connectivity index (χ2n) is 6.61. The molecule has 1 aromatic heterocycles. The number of hydrogen-bond acceptors (Lipinski definition) is 2. The number of aryl methyl sites for hydroxylation is 4. The molecule has 3 aromatic rings. The van der Waals surface area contributed by atoms with Crippen molar-refractivity contribution in [2.75, 3.05) is 5.32 Å². The van der Waals surface area contributed by atoms with Crippen molar-refractivity contribution in [3.63, 3.8) is 0 Å². The van der Waals surface area contributed by atoms with Gasteiger partial charge in [0.15, 0.2) is 0 Å². The summed E-state index contributed by atoms with van der Waals surface area (Å²) in [4.78, 5) is 12.6. The Kier molecular flexibility index (Phi) is 3.41. The molecule has 4 rings (SSSR count). The lowest BCUT2D eigenvalue weighted by molar-refractivity contribution is -0.115. The van der Waals surface area contributed by atoms with Crippen molar-refractivity contribution >= 4 is 22.4 Å². The third-order valence-corrected chi connectivity index (χ3v) is 5.15. The predicted octanol–water partition coefficient (Wildman–Crippen LogP) is 3.47. The van der Waals surface area contributed by atoms with E-state index in [1.54, 1.807) is 0 Å². The van der Waals surface area contributed by atoms with Crippen LogP contribution >= 0.6 is 0 Å². The molecule has 24 heavy (non-hydrogen) atoms. The number of hydrogen-bond donors (Lipinski definition) is 1. The molecule has 0 aliphatic heterocycles. The largest absolute Gasteiger partial charge is 0.325 e. The van der Waals surface area contributed by atoms with Crippen LogP contribution in [0.1, 0.15) is 28.1 Å². The van der Waals surface area contributed by atoms with Crippen molar-refractivity contribution in [3.8, 4) is 0 Å². The summed E-state index contributed by atoms with van der Waals surface area (Å²) in [6.07, 6.45) is 2.55. The van der Waals surface area contributed by atoms with Crippen molar-refractivity contribution in [1.29, 1.82) is 0 Å². The summed E-state index contributed by atoms with van der Waals surface area (Å²) in [5.41, 5.74) is 6.66. The summed E-state index contributed by atoms with van der Waals surface area (Å²) >= 11 is 0. The highest BCUT2D eigenvalue weighted by Gasteiger charge is 2.18. The van der Waals surface area contributed by atoms with E-state index in [1.807, 2.05) is 31.6 Å². The normalized spacial score (nSPS) is 12.8. The fourth-order valence-electron chi connectivity index (χ4n) is 3.78. The molecule has 1 aliphatic rings. The van der Waals surface area contributed by atoms with Crippen LogP contribution in [0.4, 0.5) is 5.69 Å². The SMILES string of the molecule is Cc1nn(C)c(C)c1CC(=O)Nc1ccc2c3c(cccc13)CC2. The van der Waals surface area contributed by atoms with Gasteiger partial charge in [0, 0.05) is 29.4 Å². The van der Waals surface area contributed by atoms with Gasteiger partial charge in [0.05, 0.1) is 12.1 Å². The fraction of sp³-hybridized carbons (Fsp3) is 0.300. The Morgan fingerprint density at radius 3 is 2.62 bits per heavy atom. The van der Waals surface area contributed by atoms with Crippen molar-refractivity contribution in [1.82, 2.24) is 9.78 Å². The van der Waals surface area contributed by atoms with Gasteiger partial charge in [-0.05, 0) is 49.3 Å². The van der Waals surface area contributed by atoms with E-state index in [-0.39, 0.29) is 5.91 Å². The summed E-state index contributed by atoms with van der Waals surface area (Å²) in [5, 5.41) is 9.96. The third kappa shape index (κ3) is 2.30. The molecule has 1 aliphatic carbocycles. The summed E-state index contributed by atoms with van der Waals surface area (Å²) < 4.78 is 1.83. The first kappa shape index (κ1) is 14.9. The van der Waals surface area contributed by atoms with Gasteiger partial charge in [0.1, 0.15) is 0 Å². The van der Waals surface area contributed by atoms with Crippen LogP contribution in [0, 0.1) is 13.8 Å². The van der Waals surface area contributed by atoms with Crippen molar-refractivity contribution < 1.29 is 4.79 Å². The highest BCUT2D eigenvalue weighted by molar-refractivity contribution is 6.05. The number of nitrogens with zero attached hydrogens (tertiary/aromatic N) is 2.